The molecule has 84 valence electrons. The molecule has 1 rings (SSSR count). The second-order valence-electron chi connectivity index (χ2n) is 3.17. The van der Waals surface area contributed by atoms with Crippen LogP contribution in [-0.2, 0) is 4.74 Å². The van der Waals surface area contributed by atoms with E-state index in [1.807, 2.05) is 0 Å². The number of ether oxygens (including phenoxy) is 2. The Kier molecular flexibility index (Phi) is 7.23. The SMILES string of the molecule is COCOc1ccc(C)cc1[B-](F)(F)F.[K+]. The van der Waals surface area contributed by atoms with Crippen LogP contribution in [0.1, 0.15) is 5.56 Å². The molecule has 0 fully saturated rings. The van der Waals surface area contributed by atoms with Crippen LogP contribution in [-0.4, -0.2) is 20.9 Å². The van der Waals surface area contributed by atoms with Crippen molar-refractivity contribution in [3.05, 3.63) is 23.8 Å². The van der Waals surface area contributed by atoms with E-state index in [9.17, 15) is 12.9 Å². The fourth-order valence-corrected chi connectivity index (χ4v) is 1.18. The third kappa shape index (κ3) is 4.77. The van der Waals surface area contributed by atoms with Crippen LogP contribution in [0.25, 0.3) is 0 Å². The van der Waals surface area contributed by atoms with Crippen molar-refractivity contribution in [2.75, 3.05) is 13.9 Å². The monoisotopic (exact) mass is 258 g/mol. The maximum Gasteiger partial charge on any atom is 1.00 e. The molecule has 0 N–H and O–H groups in total. The Morgan fingerprint density at radius 1 is 1.25 bits per heavy atom. The first-order valence-electron chi connectivity index (χ1n) is 4.37. The van der Waals surface area contributed by atoms with Gasteiger partial charge in [0.25, 0.3) is 0 Å². The molecule has 0 aromatic heterocycles. The molecule has 0 aliphatic heterocycles. The van der Waals surface area contributed by atoms with Gasteiger partial charge in [0, 0.05) is 7.11 Å². The molecule has 2 nitrogen and oxygen atoms in total. The van der Waals surface area contributed by atoms with Crippen LogP contribution in [0, 0.1) is 6.92 Å². The molecule has 0 amide bonds. The van der Waals surface area contributed by atoms with Crippen molar-refractivity contribution >= 4 is 12.4 Å². The van der Waals surface area contributed by atoms with Gasteiger partial charge in [0.15, 0.2) is 6.79 Å². The molecule has 0 saturated carbocycles. The van der Waals surface area contributed by atoms with Gasteiger partial charge in [-0.1, -0.05) is 23.2 Å². The van der Waals surface area contributed by atoms with Crippen LogP contribution >= 0.6 is 0 Å². The zero-order valence-corrected chi connectivity index (χ0v) is 12.6. The molecule has 1 aromatic carbocycles. The summed E-state index contributed by atoms with van der Waals surface area (Å²) in [7, 11) is 1.35. The van der Waals surface area contributed by atoms with Gasteiger partial charge in [-0.05, 0) is 13.0 Å². The Hall–Kier alpha value is 0.471. The van der Waals surface area contributed by atoms with Crippen LogP contribution < -0.4 is 61.6 Å². The van der Waals surface area contributed by atoms with Crippen LogP contribution in [0.15, 0.2) is 18.2 Å². The normalized spacial score (nSPS) is 10.8. The minimum atomic E-state index is -5.05. The number of halogens is 3. The van der Waals surface area contributed by atoms with Crippen molar-refractivity contribution < 1.29 is 73.8 Å². The topological polar surface area (TPSA) is 18.5 Å². The maximum atomic E-state index is 12.6. The predicted octanol–water partition coefficient (Wildman–Crippen LogP) is -0.964. The predicted molar refractivity (Wildman–Crippen MR) is 52.4 cm³/mol. The van der Waals surface area contributed by atoms with E-state index in [0.717, 1.165) is 6.07 Å². The fourth-order valence-electron chi connectivity index (χ4n) is 1.18. The summed E-state index contributed by atoms with van der Waals surface area (Å²) in [6.45, 7) is -3.64. The molecule has 0 spiro atoms. The largest absolute Gasteiger partial charge is 1.00 e. The maximum absolute atomic E-state index is 12.6. The van der Waals surface area contributed by atoms with E-state index >= 15 is 0 Å². The van der Waals surface area contributed by atoms with Crippen LogP contribution in [0.5, 0.6) is 5.75 Å². The summed E-state index contributed by atoms with van der Waals surface area (Å²) in [6, 6.07) is 3.94. The molecule has 0 bridgehead atoms. The molecule has 0 aliphatic carbocycles. The zero-order valence-electron chi connectivity index (χ0n) is 9.47. The molecule has 1 aromatic rings. The molecule has 0 saturated heterocycles. The quantitative estimate of drug-likeness (QED) is 0.511. The third-order valence-electron chi connectivity index (χ3n) is 1.85. The minimum absolute atomic E-state index is 0. The standard InChI is InChI=1S/C9H11BF3O2.K/c1-7-3-4-9(15-6-14-2)8(5-7)10(11,12)13;/h3-5H,6H2,1-2H3;/q-1;+1. The number of hydrogen-bond donors (Lipinski definition) is 0. The fraction of sp³-hybridized carbons (Fsp3) is 0.333. The summed E-state index contributed by atoms with van der Waals surface area (Å²) in [4.78, 5) is 0. The first-order valence-corrected chi connectivity index (χ1v) is 4.37. The molecule has 0 radical (unpaired) electrons. The first kappa shape index (κ1) is 16.5. The van der Waals surface area contributed by atoms with E-state index in [2.05, 4.69) is 4.74 Å². The number of rotatable bonds is 4. The van der Waals surface area contributed by atoms with Crippen LogP contribution in [0.3, 0.4) is 0 Å². The summed E-state index contributed by atoms with van der Waals surface area (Å²) in [5.74, 6) is -0.185. The molecular formula is C9H11BF3KO2. The van der Waals surface area contributed by atoms with Gasteiger partial charge >= 0.3 is 58.4 Å². The Balaban J connectivity index is 0.00000225. The van der Waals surface area contributed by atoms with Gasteiger partial charge in [0.05, 0.1) is 5.75 Å². The van der Waals surface area contributed by atoms with Gasteiger partial charge in [-0.3, -0.25) is 0 Å². The Morgan fingerprint density at radius 3 is 2.38 bits per heavy atom. The second kappa shape index (κ2) is 7.03. The molecule has 0 unspecified atom stereocenters. The van der Waals surface area contributed by atoms with E-state index in [4.69, 9.17) is 4.74 Å². The summed E-state index contributed by atoms with van der Waals surface area (Å²) < 4.78 is 47.2. The van der Waals surface area contributed by atoms with E-state index < -0.39 is 12.4 Å². The first-order chi connectivity index (χ1) is 6.95. The number of hydrogen-bond acceptors (Lipinski definition) is 2. The van der Waals surface area contributed by atoms with Crippen molar-refractivity contribution in [2.45, 2.75) is 6.92 Å². The molecule has 7 heteroatoms. The Labute approximate surface area is 135 Å². The third-order valence-corrected chi connectivity index (χ3v) is 1.85. The van der Waals surface area contributed by atoms with Crippen LogP contribution in [0.2, 0.25) is 0 Å². The van der Waals surface area contributed by atoms with Gasteiger partial charge in [-0.25, -0.2) is 0 Å². The summed E-state index contributed by atoms with van der Waals surface area (Å²) in [5.41, 5.74) is -0.166. The Morgan fingerprint density at radius 2 is 1.88 bits per heavy atom. The van der Waals surface area contributed by atoms with Crippen molar-refractivity contribution in [3.8, 4) is 5.75 Å². The number of aryl methyl sites for hydroxylation is 1. The molecule has 16 heavy (non-hydrogen) atoms. The van der Waals surface area contributed by atoms with Gasteiger partial charge in [0.1, 0.15) is 0 Å². The van der Waals surface area contributed by atoms with Gasteiger partial charge in [-0.15, -0.1) is 0 Å². The van der Waals surface area contributed by atoms with Crippen molar-refractivity contribution in [1.29, 1.82) is 0 Å². The van der Waals surface area contributed by atoms with Gasteiger partial charge in [-0.2, -0.15) is 0 Å². The van der Waals surface area contributed by atoms with E-state index in [1.165, 1.54) is 13.2 Å². The Bertz CT molecular complexity index is 344. The summed E-state index contributed by atoms with van der Waals surface area (Å²) in [6.07, 6.45) is 0. The average molecular weight is 258 g/mol. The van der Waals surface area contributed by atoms with E-state index in [1.54, 1.807) is 13.0 Å². The van der Waals surface area contributed by atoms with Crippen molar-refractivity contribution in [2.24, 2.45) is 0 Å². The zero-order chi connectivity index (χ0) is 11.5. The summed E-state index contributed by atoms with van der Waals surface area (Å²) >= 11 is 0. The second-order valence-corrected chi connectivity index (χ2v) is 3.17. The molecule has 0 heterocycles. The van der Waals surface area contributed by atoms with Crippen molar-refractivity contribution in [3.63, 3.8) is 0 Å². The van der Waals surface area contributed by atoms with Crippen LogP contribution in [0.4, 0.5) is 12.9 Å². The number of methoxy groups -OCH3 is 1. The van der Waals surface area contributed by atoms with E-state index in [-0.39, 0.29) is 63.9 Å². The molecular weight excluding hydrogens is 247 g/mol. The van der Waals surface area contributed by atoms with E-state index in [0.29, 0.717) is 5.56 Å². The van der Waals surface area contributed by atoms with Gasteiger partial charge in [0.2, 0.25) is 0 Å². The summed E-state index contributed by atoms with van der Waals surface area (Å²) in [5, 5.41) is 0. The van der Waals surface area contributed by atoms with Crippen molar-refractivity contribution in [1.82, 2.24) is 0 Å². The van der Waals surface area contributed by atoms with Gasteiger partial charge < -0.3 is 22.4 Å². The average Bonchev–Trinajstić information content (AvgIpc) is 2.14. The number of benzene rings is 1. The molecule has 0 aliphatic rings. The smallest absolute Gasteiger partial charge is 0.471 e. The molecule has 0 atom stereocenters. The minimum Gasteiger partial charge on any atom is -0.471 e.